The van der Waals surface area contributed by atoms with Gasteiger partial charge in [-0.15, -0.1) is 0 Å². The van der Waals surface area contributed by atoms with Crippen molar-refractivity contribution in [2.75, 3.05) is 18.9 Å². The zero-order valence-corrected chi connectivity index (χ0v) is 18.0. The van der Waals surface area contributed by atoms with Gasteiger partial charge >= 0.3 is 5.97 Å². The predicted molar refractivity (Wildman–Crippen MR) is 114 cm³/mol. The van der Waals surface area contributed by atoms with Gasteiger partial charge in [0.1, 0.15) is 5.69 Å². The van der Waals surface area contributed by atoms with Crippen LogP contribution in [-0.2, 0) is 16.4 Å². The van der Waals surface area contributed by atoms with Crippen LogP contribution in [0.5, 0.6) is 11.5 Å². The van der Waals surface area contributed by atoms with E-state index in [1.807, 2.05) is 0 Å². The summed E-state index contributed by atoms with van der Waals surface area (Å²) in [5.41, 5.74) is 1.08. The van der Waals surface area contributed by atoms with Gasteiger partial charge in [-0.1, -0.05) is 26.0 Å². The number of hydrogen-bond donors (Lipinski definition) is 3. The van der Waals surface area contributed by atoms with Gasteiger partial charge in [0.2, 0.25) is 0 Å². The Hall–Kier alpha value is -3.20. The smallest absolute Gasteiger partial charge is 0.354 e. The van der Waals surface area contributed by atoms with Gasteiger partial charge in [0.25, 0.3) is 10.0 Å². The van der Waals surface area contributed by atoms with Crippen molar-refractivity contribution in [3.63, 3.8) is 0 Å². The number of fused-ring (bicyclic) bond motifs is 1. The first-order valence-corrected chi connectivity index (χ1v) is 10.8. The Morgan fingerprint density at radius 1 is 1.10 bits per heavy atom. The molecule has 0 bridgehead atoms. The molecule has 0 spiro atoms. The van der Waals surface area contributed by atoms with Crippen LogP contribution in [0.25, 0.3) is 10.9 Å². The van der Waals surface area contributed by atoms with Crippen LogP contribution in [0, 0.1) is 5.92 Å². The largest absolute Gasteiger partial charge is 0.493 e. The summed E-state index contributed by atoms with van der Waals surface area (Å²) in [6, 6.07) is 9.63. The summed E-state index contributed by atoms with van der Waals surface area (Å²) in [5.74, 6) is -0.117. The number of rotatable bonds is 8. The van der Waals surface area contributed by atoms with E-state index in [0.29, 0.717) is 28.3 Å². The molecular formula is C21H24N2O6S. The van der Waals surface area contributed by atoms with E-state index in [2.05, 4.69) is 23.6 Å². The van der Waals surface area contributed by atoms with Crippen LogP contribution in [-0.4, -0.2) is 38.7 Å². The van der Waals surface area contributed by atoms with Gasteiger partial charge in [0.05, 0.1) is 30.3 Å². The Labute approximate surface area is 174 Å². The molecule has 0 saturated heterocycles. The highest BCUT2D eigenvalue weighted by molar-refractivity contribution is 7.92. The van der Waals surface area contributed by atoms with Gasteiger partial charge in [-0.25, -0.2) is 13.2 Å². The van der Waals surface area contributed by atoms with E-state index in [0.717, 1.165) is 12.0 Å². The summed E-state index contributed by atoms with van der Waals surface area (Å²) in [5, 5.41) is 9.93. The molecule has 3 N–H and O–H groups in total. The highest BCUT2D eigenvalue weighted by atomic mass is 32.2. The number of H-pyrrole nitrogens is 1. The number of carboxylic acid groups (broad SMARTS) is 1. The number of carbonyl (C=O) groups is 1. The lowest BCUT2D eigenvalue weighted by Crippen LogP contribution is -2.15. The molecule has 8 nitrogen and oxygen atoms in total. The number of sulfonamides is 1. The Kier molecular flexibility index (Phi) is 5.93. The molecule has 3 rings (SSSR count). The quantitative estimate of drug-likeness (QED) is 0.497. The molecule has 1 heterocycles. The molecule has 0 atom stereocenters. The summed E-state index contributed by atoms with van der Waals surface area (Å²) >= 11 is 0. The first-order chi connectivity index (χ1) is 14.2. The highest BCUT2D eigenvalue weighted by Crippen LogP contribution is 2.38. The molecule has 0 fully saturated rings. The van der Waals surface area contributed by atoms with Gasteiger partial charge < -0.3 is 19.6 Å². The minimum atomic E-state index is -4.02. The Morgan fingerprint density at radius 3 is 2.23 bits per heavy atom. The van der Waals surface area contributed by atoms with Crippen molar-refractivity contribution in [1.82, 2.24) is 4.98 Å². The number of hydrogen-bond acceptors (Lipinski definition) is 5. The molecule has 0 amide bonds. The minimum Gasteiger partial charge on any atom is -0.493 e. The van der Waals surface area contributed by atoms with Gasteiger partial charge in [0.15, 0.2) is 11.5 Å². The van der Waals surface area contributed by atoms with Crippen LogP contribution in [0.2, 0.25) is 0 Å². The molecule has 160 valence electrons. The van der Waals surface area contributed by atoms with E-state index in [1.165, 1.54) is 32.4 Å². The Morgan fingerprint density at radius 2 is 1.70 bits per heavy atom. The third kappa shape index (κ3) is 4.20. The maximum Gasteiger partial charge on any atom is 0.354 e. The zero-order valence-electron chi connectivity index (χ0n) is 17.1. The summed E-state index contributed by atoms with van der Waals surface area (Å²) in [6.45, 7) is 4.17. The molecule has 0 aliphatic carbocycles. The van der Waals surface area contributed by atoms with E-state index in [1.54, 1.807) is 18.2 Å². The van der Waals surface area contributed by atoms with E-state index >= 15 is 0 Å². The second kappa shape index (κ2) is 8.27. The van der Waals surface area contributed by atoms with Crippen LogP contribution in [0.15, 0.2) is 41.3 Å². The molecule has 1 aromatic heterocycles. The summed E-state index contributed by atoms with van der Waals surface area (Å²) in [7, 11) is -1.12. The summed E-state index contributed by atoms with van der Waals surface area (Å²) < 4.78 is 38.8. The maximum atomic E-state index is 13.0. The van der Waals surface area contributed by atoms with Crippen molar-refractivity contribution < 1.29 is 27.8 Å². The summed E-state index contributed by atoms with van der Waals surface area (Å²) in [6.07, 6.45) is 0.834. The van der Waals surface area contributed by atoms with Crippen molar-refractivity contribution in [2.45, 2.75) is 25.2 Å². The molecule has 0 unspecified atom stereocenters. The number of aromatic amines is 1. The van der Waals surface area contributed by atoms with Gasteiger partial charge in [-0.05, 0) is 36.1 Å². The van der Waals surface area contributed by atoms with Crippen molar-refractivity contribution in [1.29, 1.82) is 0 Å². The fraction of sp³-hybridized carbons (Fsp3) is 0.286. The fourth-order valence-corrected chi connectivity index (χ4v) is 4.35. The van der Waals surface area contributed by atoms with Gasteiger partial charge in [0, 0.05) is 11.5 Å². The molecule has 30 heavy (non-hydrogen) atoms. The second-order valence-electron chi connectivity index (χ2n) is 7.28. The molecule has 3 aromatic rings. The van der Waals surface area contributed by atoms with Crippen LogP contribution < -0.4 is 14.2 Å². The maximum absolute atomic E-state index is 13.0. The molecular weight excluding hydrogens is 408 g/mol. The van der Waals surface area contributed by atoms with E-state index in [4.69, 9.17) is 9.47 Å². The average Bonchev–Trinajstić information content (AvgIpc) is 3.03. The molecule has 2 aromatic carbocycles. The van der Waals surface area contributed by atoms with E-state index in [-0.39, 0.29) is 16.3 Å². The Balaban J connectivity index is 2.06. The number of anilines is 1. The van der Waals surface area contributed by atoms with Gasteiger partial charge in [-0.3, -0.25) is 4.72 Å². The molecule has 0 radical (unpaired) electrons. The van der Waals surface area contributed by atoms with Crippen LogP contribution >= 0.6 is 0 Å². The second-order valence-corrected chi connectivity index (χ2v) is 8.96. The number of methoxy groups -OCH3 is 2. The minimum absolute atomic E-state index is 0.0428. The van der Waals surface area contributed by atoms with Crippen molar-refractivity contribution in [3.8, 4) is 11.5 Å². The zero-order chi connectivity index (χ0) is 22.1. The first kappa shape index (κ1) is 21.5. The van der Waals surface area contributed by atoms with Gasteiger partial charge in [-0.2, -0.15) is 0 Å². The Bertz CT molecular complexity index is 1180. The number of carboxylic acids is 1. The highest BCUT2D eigenvalue weighted by Gasteiger charge is 2.24. The van der Waals surface area contributed by atoms with Crippen molar-refractivity contribution in [2.24, 2.45) is 5.92 Å². The molecule has 9 heteroatoms. The topological polar surface area (TPSA) is 118 Å². The SMILES string of the molecule is COc1cc2[nH]c(C(=O)O)c(NS(=O)(=O)c3ccc(CC(C)C)cc3)c2cc1OC. The predicted octanol–water partition coefficient (Wildman–Crippen LogP) is 3.88. The van der Waals surface area contributed by atoms with Crippen LogP contribution in [0.1, 0.15) is 29.9 Å². The lowest BCUT2D eigenvalue weighted by molar-refractivity contribution is 0.0692. The third-order valence-corrected chi connectivity index (χ3v) is 6.00. The fourth-order valence-electron chi connectivity index (χ4n) is 3.26. The lowest BCUT2D eigenvalue weighted by atomic mass is 10.0. The van der Waals surface area contributed by atoms with Crippen LogP contribution in [0.3, 0.4) is 0 Å². The molecule has 0 saturated carbocycles. The lowest BCUT2D eigenvalue weighted by Gasteiger charge is -2.11. The van der Waals surface area contributed by atoms with Crippen molar-refractivity contribution >= 4 is 32.6 Å². The summed E-state index contributed by atoms with van der Waals surface area (Å²) in [4.78, 5) is 14.5. The average molecular weight is 432 g/mol. The monoisotopic (exact) mass is 432 g/mol. The van der Waals surface area contributed by atoms with E-state index < -0.39 is 16.0 Å². The number of aromatic carboxylic acids is 1. The standard InChI is InChI=1S/C21H24N2O6S/c1-12(2)9-13-5-7-14(8-6-13)30(26,27)23-19-15-10-17(28-3)18(29-4)11-16(15)22-20(19)21(24)25/h5-8,10-12,22-23H,9H2,1-4H3,(H,24,25). The normalized spacial score (nSPS) is 11.6. The van der Waals surface area contributed by atoms with E-state index in [9.17, 15) is 18.3 Å². The number of ether oxygens (including phenoxy) is 2. The molecule has 0 aliphatic rings. The van der Waals surface area contributed by atoms with Crippen molar-refractivity contribution in [3.05, 3.63) is 47.7 Å². The number of aromatic nitrogens is 1. The number of benzene rings is 2. The molecule has 0 aliphatic heterocycles. The third-order valence-electron chi connectivity index (χ3n) is 4.63. The number of nitrogens with one attached hydrogen (secondary N) is 2. The first-order valence-electron chi connectivity index (χ1n) is 9.29. The van der Waals surface area contributed by atoms with Crippen LogP contribution in [0.4, 0.5) is 5.69 Å².